The predicted molar refractivity (Wildman–Crippen MR) is 126 cm³/mol. The highest BCUT2D eigenvalue weighted by Crippen LogP contribution is 2.33. The largest absolute Gasteiger partial charge is 0.362 e. The third kappa shape index (κ3) is 3.43. The first-order valence-corrected chi connectivity index (χ1v) is 12.6. The fourth-order valence-electron chi connectivity index (χ4n) is 3.64. The molecule has 0 aliphatic carbocycles. The molecular weight excluding hydrogens is 442 g/mol. The Labute approximate surface area is 189 Å². The maximum absolute atomic E-state index is 13.4. The van der Waals surface area contributed by atoms with Gasteiger partial charge in [0.05, 0.1) is 15.1 Å². The van der Waals surface area contributed by atoms with Crippen molar-refractivity contribution >= 4 is 42.9 Å². The molecule has 0 spiro atoms. The summed E-state index contributed by atoms with van der Waals surface area (Å²) < 4.78 is 29.1. The molecule has 0 aliphatic heterocycles. The second-order valence-electron chi connectivity index (χ2n) is 7.50. The summed E-state index contributed by atoms with van der Waals surface area (Å²) in [5, 5.41) is 13.4. The van der Waals surface area contributed by atoms with E-state index in [2.05, 4.69) is 20.6 Å². The standard InChI is InChI=1S/C23H21N5O2S2/c1-3-16-9-11-18(12-10-16)32(29,30)23-22-25-21(24-15(2)17-7-5-4-6-8-17)20-19(13-14-31-20)28(22)27-26-23/h4-15H,3H2,1-2H3,(H,24,25)/t15-/m1/s1. The van der Waals surface area contributed by atoms with Crippen molar-refractivity contribution in [3.05, 3.63) is 77.2 Å². The average Bonchev–Trinajstić information content (AvgIpc) is 3.47. The minimum Gasteiger partial charge on any atom is -0.362 e. The maximum Gasteiger partial charge on any atom is 0.229 e. The monoisotopic (exact) mass is 463 g/mol. The Balaban J connectivity index is 1.64. The molecule has 1 N–H and O–H groups in total. The van der Waals surface area contributed by atoms with Gasteiger partial charge in [-0.1, -0.05) is 54.6 Å². The molecule has 0 saturated heterocycles. The van der Waals surface area contributed by atoms with E-state index in [0.717, 1.165) is 27.8 Å². The van der Waals surface area contributed by atoms with Crippen molar-refractivity contribution in [3.8, 4) is 0 Å². The molecule has 0 fully saturated rings. The highest BCUT2D eigenvalue weighted by molar-refractivity contribution is 7.91. The summed E-state index contributed by atoms with van der Waals surface area (Å²) >= 11 is 1.52. The van der Waals surface area contributed by atoms with Crippen LogP contribution in [0, 0.1) is 0 Å². The lowest BCUT2D eigenvalue weighted by Crippen LogP contribution is -2.10. The molecule has 0 bridgehead atoms. The fourth-order valence-corrected chi connectivity index (χ4v) is 5.70. The molecule has 0 aliphatic rings. The zero-order valence-corrected chi connectivity index (χ0v) is 19.2. The molecule has 0 amide bonds. The Morgan fingerprint density at radius 1 is 1.06 bits per heavy atom. The summed E-state index contributed by atoms with van der Waals surface area (Å²) in [4.78, 5) is 4.86. The Hall–Kier alpha value is -3.30. The zero-order valence-electron chi connectivity index (χ0n) is 17.6. The molecule has 9 heteroatoms. The zero-order chi connectivity index (χ0) is 22.3. The van der Waals surface area contributed by atoms with Gasteiger partial charge in [-0.25, -0.2) is 13.4 Å². The summed E-state index contributed by atoms with van der Waals surface area (Å²) in [6.07, 6.45) is 0.835. The molecule has 5 rings (SSSR count). The average molecular weight is 464 g/mol. The van der Waals surface area contributed by atoms with Crippen molar-refractivity contribution in [1.82, 2.24) is 19.8 Å². The van der Waals surface area contributed by atoms with Gasteiger partial charge in [-0.05, 0) is 48.1 Å². The van der Waals surface area contributed by atoms with Crippen LogP contribution < -0.4 is 5.32 Å². The van der Waals surface area contributed by atoms with Crippen molar-refractivity contribution in [2.24, 2.45) is 0 Å². The van der Waals surface area contributed by atoms with Crippen molar-refractivity contribution in [2.75, 3.05) is 5.32 Å². The Bertz CT molecular complexity index is 1510. The fraction of sp³-hybridized carbons (Fsp3) is 0.174. The summed E-state index contributed by atoms with van der Waals surface area (Å²) in [5.41, 5.74) is 3.14. The highest BCUT2D eigenvalue weighted by Gasteiger charge is 2.27. The van der Waals surface area contributed by atoms with E-state index in [1.54, 1.807) is 12.1 Å². The normalized spacial score (nSPS) is 12.9. The van der Waals surface area contributed by atoms with Gasteiger partial charge >= 0.3 is 0 Å². The topological polar surface area (TPSA) is 89.2 Å². The van der Waals surface area contributed by atoms with Crippen molar-refractivity contribution in [1.29, 1.82) is 0 Å². The van der Waals surface area contributed by atoms with E-state index in [1.165, 1.54) is 15.9 Å². The van der Waals surface area contributed by atoms with Crippen molar-refractivity contribution in [2.45, 2.75) is 36.2 Å². The third-order valence-electron chi connectivity index (χ3n) is 5.47. The Morgan fingerprint density at radius 2 is 1.81 bits per heavy atom. The Kier molecular flexibility index (Phi) is 5.15. The molecule has 5 aromatic rings. The molecule has 3 heterocycles. The predicted octanol–water partition coefficient (Wildman–Crippen LogP) is 4.91. The number of hydrogen-bond acceptors (Lipinski definition) is 7. The van der Waals surface area contributed by atoms with Gasteiger partial charge in [-0.15, -0.1) is 16.4 Å². The van der Waals surface area contributed by atoms with Gasteiger partial charge in [0.15, 0.2) is 5.65 Å². The summed E-state index contributed by atoms with van der Waals surface area (Å²) in [5.74, 6) is 0.610. The van der Waals surface area contributed by atoms with Gasteiger partial charge in [0.2, 0.25) is 14.9 Å². The van der Waals surface area contributed by atoms with Crippen molar-refractivity contribution < 1.29 is 8.42 Å². The van der Waals surface area contributed by atoms with E-state index in [1.807, 2.05) is 67.8 Å². The van der Waals surface area contributed by atoms with Gasteiger partial charge in [0, 0.05) is 6.04 Å². The van der Waals surface area contributed by atoms with E-state index < -0.39 is 9.84 Å². The van der Waals surface area contributed by atoms with Crippen LogP contribution in [0.4, 0.5) is 5.82 Å². The number of rotatable bonds is 6. The van der Waals surface area contributed by atoms with Gasteiger partial charge < -0.3 is 5.32 Å². The van der Waals surface area contributed by atoms with Crippen LogP contribution in [0.15, 0.2) is 76.0 Å². The van der Waals surface area contributed by atoms with Crippen LogP contribution in [0.25, 0.3) is 15.9 Å². The molecule has 32 heavy (non-hydrogen) atoms. The number of thiophene rings is 1. The second kappa shape index (κ2) is 7.99. The van der Waals surface area contributed by atoms with E-state index >= 15 is 0 Å². The number of anilines is 1. The first kappa shape index (κ1) is 20.6. The number of aromatic nitrogens is 4. The van der Waals surface area contributed by atoms with Gasteiger partial charge in [0.1, 0.15) is 5.82 Å². The van der Waals surface area contributed by atoms with Gasteiger partial charge in [0.25, 0.3) is 0 Å². The molecular formula is C23H21N5O2S2. The quantitative estimate of drug-likeness (QED) is 0.385. The minimum absolute atomic E-state index is 0.0195. The Morgan fingerprint density at radius 3 is 2.53 bits per heavy atom. The van der Waals surface area contributed by atoms with Crippen molar-refractivity contribution in [3.63, 3.8) is 0 Å². The number of benzene rings is 2. The SMILES string of the molecule is CCc1ccc(S(=O)(=O)c2nnn3c2nc(N[C@H](C)c2ccccc2)c2sccc23)cc1. The number of aryl methyl sites for hydroxylation is 1. The van der Waals surface area contributed by atoms with Crippen LogP contribution in [0.5, 0.6) is 0 Å². The minimum atomic E-state index is -3.88. The van der Waals surface area contributed by atoms with Crippen LogP contribution in [0.1, 0.15) is 31.0 Å². The maximum atomic E-state index is 13.4. The lowest BCUT2D eigenvalue weighted by atomic mass is 10.1. The number of nitrogens with one attached hydrogen (secondary N) is 1. The highest BCUT2D eigenvalue weighted by atomic mass is 32.2. The van der Waals surface area contributed by atoms with Crippen LogP contribution in [-0.4, -0.2) is 28.2 Å². The van der Waals surface area contributed by atoms with Crippen LogP contribution in [-0.2, 0) is 16.3 Å². The molecule has 2 aromatic carbocycles. The van der Waals surface area contributed by atoms with Crippen LogP contribution >= 0.6 is 11.3 Å². The van der Waals surface area contributed by atoms with E-state index in [0.29, 0.717) is 5.82 Å². The molecule has 7 nitrogen and oxygen atoms in total. The van der Waals surface area contributed by atoms with Gasteiger partial charge in [-0.3, -0.25) is 0 Å². The van der Waals surface area contributed by atoms with E-state index in [4.69, 9.17) is 0 Å². The molecule has 1 atom stereocenters. The number of hydrogen-bond donors (Lipinski definition) is 1. The first-order chi connectivity index (χ1) is 15.5. The van der Waals surface area contributed by atoms with Gasteiger partial charge in [-0.2, -0.15) is 4.52 Å². The lowest BCUT2D eigenvalue weighted by Gasteiger charge is -2.15. The lowest BCUT2D eigenvalue weighted by molar-refractivity contribution is 0.592. The molecule has 162 valence electrons. The summed E-state index contributed by atoms with van der Waals surface area (Å²) in [7, 11) is -3.88. The van der Waals surface area contributed by atoms with E-state index in [-0.39, 0.29) is 21.6 Å². The number of nitrogens with zero attached hydrogens (tertiary/aromatic N) is 4. The summed E-state index contributed by atoms with van der Waals surface area (Å²) in [6, 6.07) is 18.8. The molecule has 0 unspecified atom stereocenters. The first-order valence-electron chi connectivity index (χ1n) is 10.3. The molecule has 0 radical (unpaired) electrons. The molecule has 0 saturated carbocycles. The number of sulfone groups is 1. The third-order valence-corrected chi connectivity index (χ3v) is 8.05. The molecule has 3 aromatic heterocycles. The second-order valence-corrected chi connectivity index (χ2v) is 10.3. The van der Waals surface area contributed by atoms with Crippen LogP contribution in [0.2, 0.25) is 0 Å². The smallest absolute Gasteiger partial charge is 0.229 e. The summed E-state index contributed by atoms with van der Waals surface area (Å²) in [6.45, 7) is 4.07. The number of fused-ring (bicyclic) bond motifs is 3. The van der Waals surface area contributed by atoms with E-state index in [9.17, 15) is 8.42 Å². The van der Waals surface area contributed by atoms with Crippen LogP contribution in [0.3, 0.4) is 0 Å².